The van der Waals surface area contributed by atoms with E-state index in [4.69, 9.17) is 5.73 Å². The van der Waals surface area contributed by atoms with Crippen LogP contribution in [0.1, 0.15) is 48.9 Å². The molecule has 2 N–H and O–H groups in total. The Hall–Kier alpha value is -1.59. The number of piperazine rings is 1. The lowest BCUT2D eigenvalue weighted by molar-refractivity contribution is -0.135. The Morgan fingerprint density at radius 2 is 1.50 bits per heavy atom. The maximum atomic E-state index is 12.7. The third kappa shape index (κ3) is 4.77. The fourth-order valence-corrected chi connectivity index (χ4v) is 4.11. The minimum atomic E-state index is 0. The molecule has 1 aromatic carbocycles. The monoisotopic (exact) mass is 379 g/mol. The van der Waals surface area contributed by atoms with Crippen LogP contribution in [-0.2, 0) is 4.79 Å². The number of amides is 2. The Labute approximate surface area is 162 Å². The summed E-state index contributed by atoms with van der Waals surface area (Å²) in [7, 11) is 0. The van der Waals surface area contributed by atoms with E-state index in [0.29, 0.717) is 44.7 Å². The second-order valence-corrected chi connectivity index (χ2v) is 7.48. The van der Waals surface area contributed by atoms with E-state index in [0.717, 1.165) is 12.8 Å². The fraction of sp³-hybridized carbons (Fsp3) is 0.600. The van der Waals surface area contributed by atoms with Gasteiger partial charge in [0.2, 0.25) is 5.91 Å². The number of benzene rings is 1. The minimum Gasteiger partial charge on any atom is -0.339 e. The van der Waals surface area contributed by atoms with Crippen molar-refractivity contribution in [2.45, 2.75) is 38.5 Å². The highest BCUT2D eigenvalue weighted by Gasteiger charge is 2.35. The second-order valence-electron chi connectivity index (χ2n) is 7.48. The Balaban J connectivity index is 0.00000243. The van der Waals surface area contributed by atoms with Crippen LogP contribution in [0, 0.1) is 5.41 Å². The van der Waals surface area contributed by atoms with Gasteiger partial charge in [-0.3, -0.25) is 9.59 Å². The van der Waals surface area contributed by atoms with Crippen LogP contribution >= 0.6 is 12.4 Å². The van der Waals surface area contributed by atoms with E-state index in [1.54, 1.807) is 0 Å². The molecule has 1 heterocycles. The zero-order valence-corrected chi connectivity index (χ0v) is 16.2. The number of hydrogen-bond donors (Lipinski definition) is 1. The number of rotatable bonds is 4. The summed E-state index contributed by atoms with van der Waals surface area (Å²) < 4.78 is 0. The highest BCUT2D eigenvalue weighted by Crippen LogP contribution is 2.38. The Kier molecular flexibility index (Phi) is 7.47. The number of nitrogens with two attached hydrogens (primary N) is 1. The predicted molar refractivity (Wildman–Crippen MR) is 105 cm³/mol. The molecule has 2 aliphatic rings. The summed E-state index contributed by atoms with van der Waals surface area (Å²) in [5.41, 5.74) is 6.74. The molecule has 2 amide bonds. The third-order valence-electron chi connectivity index (χ3n) is 5.81. The standard InChI is InChI=1S/C20H29N3O2.ClH/c21-16-20(9-5-2-6-10-20)15-18(24)22-11-13-23(14-12-22)19(25)17-7-3-1-4-8-17;/h1,3-4,7-8H,2,5-6,9-16,21H2;1H. The zero-order valence-electron chi connectivity index (χ0n) is 15.4. The molecular formula is C20H30ClN3O2. The number of hydrogen-bond acceptors (Lipinski definition) is 3. The molecule has 0 unspecified atom stereocenters. The molecule has 0 aromatic heterocycles. The van der Waals surface area contributed by atoms with Gasteiger partial charge < -0.3 is 15.5 Å². The Bertz CT molecular complexity index is 594. The molecule has 5 nitrogen and oxygen atoms in total. The van der Waals surface area contributed by atoms with Gasteiger partial charge in [-0.1, -0.05) is 37.5 Å². The summed E-state index contributed by atoms with van der Waals surface area (Å²) in [5.74, 6) is 0.262. The summed E-state index contributed by atoms with van der Waals surface area (Å²) in [6, 6.07) is 9.35. The summed E-state index contributed by atoms with van der Waals surface area (Å²) in [5, 5.41) is 0. The summed E-state index contributed by atoms with van der Waals surface area (Å²) in [4.78, 5) is 29.0. The van der Waals surface area contributed by atoms with Gasteiger partial charge in [-0.25, -0.2) is 0 Å². The van der Waals surface area contributed by atoms with Crippen molar-refractivity contribution in [2.75, 3.05) is 32.7 Å². The van der Waals surface area contributed by atoms with Crippen molar-refractivity contribution in [2.24, 2.45) is 11.1 Å². The maximum absolute atomic E-state index is 12.7. The first-order chi connectivity index (χ1) is 12.1. The average molecular weight is 380 g/mol. The molecule has 1 aromatic rings. The average Bonchev–Trinajstić information content (AvgIpc) is 2.69. The molecule has 1 aliphatic heterocycles. The topological polar surface area (TPSA) is 66.6 Å². The molecule has 0 bridgehead atoms. The van der Waals surface area contributed by atoms with E-state index >= 15 is 0 Å². The van der Waals surface area contributed by atoms with Crippen LogP contribution in [0.5, 0.6) is 0 Å². The normalized spacial score (nSPS) is 19.6. The van der Waals surface area contributed by atoms with Gasteiger partial charge in [0.15, 0.2) is 0 Å². The van der Waals surface area contributed by atoms with Gasteiger partial charge in [0.05, 0.1) is 0 Å². The minimum absolute atomic E-state index is 0. The molecule has 6 heteroatoms. The van der Waals surface area contributed by atoms with Crippen molar-refractivity contribution < 1.29 is 9.59 Å². The molecule has 2 fully saturated rings. The van der Waals surface area contributed by atoms with Crippen LogP contribution in [-0.4, -0.2) is 54.3 Å². The van der Waals surface area contributed by atoms with Crippen LogP contribution in [0.25, 0.3) is 0 Å². The number of carbonyl (C=O) groups excluding carboxylic acids is 2. The summed E-state index contributed by atoms with van der Waals surface area (Å²) in [6.07, 6.45) is 6.34. The molecule has 26 heavy (non-hydrogen) atoms. The molecule has 1 aliphatic carbocycles. The van der Waals surface area contributed by atoms with E-state index < -0.39 is 0 Å². The summed E-state index contributed by atoms with van der Waals surface area (Å²) in [6.45, 7) is 3.06. The Morgan fingerprint density at radius 1 is 0.923 bits per heavy atom. The van der Waals surface area contributed by atoms with Crippen LogP contribution < -0.4 is 5.73 Å². The lowest BCUT2D eigenvalue weighted by atomic mass is 9.71. The lowest BCUT2D eigenvalue weighted by Crippen LogP contribution is -2.51. The van der Waals surface area contributed by atoms with Crippen molar-refractivity contribution in [1.82, 2.24) is 9.80 Å². The molecule has 1 saturated carbocycles. The van der Waals surface area contributed by atoms with Gasteiger partial charge >= 0.3 is 0 Å². The lowest BCUT2D eigenvalue weighted by Gasteiger charge is -2.39. The smallest absolute Gasteiger partial charge is 0.253 e. The van der Waals surface area contributed by atoms with Crippen LogP contribution in [0.2, 0.25) is 0 Å². The number of halogens is 1. The molecule has 1 saturated heterocycles. The summed E-state index contributed by atoms with van der Waals surface area (Å²) >= 11 is 0. The highest BCUT2D eigenvalue weighted by atomic mass is 35.5. The van der Waals surface area contributed by atoms with E-state index in [1.807, 2.05) is 40.1 Å². The third-order valence-corrected chi connectivity index (χ3v) is 5.81. The van der Waals surface area contributed by atoms with Crippen molar-refractivity contribution in [3.8, 4) is 0 Å². The highest BCUT2D eigenvalue weighted by molar-refractivity contribution is 5.94. The van der Waals surface area contributed by atoms with E-state index in [2.05, 4.69) is 0 Å². The van der Waals surface area contributed by atoms with Gasteiger partial charge in [0, 0.05) is 38.2 Å². The first-order valence-corrected chi connectivity index (χ1v) is 9.46. The van der Waals surface area contributed by atoms with Crippen molar-refractivity contribution in [3.05, 3.63) is 35.9 Å². The largest absolute Gasteiger partial charge is 0.339 e. The van der Waals surface area contributed by atoms with Gasteiger partial charge in [0.1, 0.15) is 0 Å². The van der Waals surface area contributed by atoms with Crippen molar-refractivity contribution in [1.29, 1.82) is 0 Å². The van der Waals surface area contributed by atoms with E-state index in [9.17, 15) is 9.59 Å². The van der Waals surface area contributed by atoms with Gasteiger partial charge in [-0.2, -0.15) is 0 Å². The molecule has 3 rings (SSSR count). The molecule has 0 atom stereocenters. The molecule has 0 radical (unpaired) electrons. The molecule has 144 valence electrons. The first kappa shape index (κ1) is 20.7. The van der Waals surface area contributed by atoms with Crippen molar-refractivity contribution in [3.63, 3.8) is 0 Å². The van der Waals surface area contributed by atoms with Gasteiger partial charge in [-0.05, 0) is 36.9 Å². The fourth-order valence-electron chi connectivity index (χ4n) is 4.11. The van der Waals surface area contributed by atoms with Crippen LogP contribution in [0.15, 0.2) is 30.3 Å². The Morgan fingerprint density at radius 3 is 2.08 bits per heavy atom. The van der Waals surface area contributed by atoms with E-state index in [-0.39, 0.29) is 29.6 Å². The SMILES string of the molecule is Cl.NCC1(CC(=O)N2CCN(C(=O)c3ccccc3)CC2)CCCCC1. The number of carbonyl (C=O) groups is 2. The van der Waals surface area contributed by atoms with Crippen molar-refractivity contribution >= 4 is 24.2 Å². The van der Waals surface area contributed by atoms with Crippen LogP contribution in [0.4, 0.5) is 0 Å². The first-order valence-electron chi connectivity index (χ1n) is 9.46. The quantitative estimate of drug-likeness (QED) is 0.874. The van der Waals surface area contributed by atoms with Gasteiger partial charge in [0.25, 0.3) is 5.91 Å². The second kappa shape index (κ2) is 9.38. The predicted octanol–water partition coefficient (Wildman–Crippen LogP) is 2.69. The molecule has 0 spiro atoms. The van der Waals surface area contributed by atoms with E-state index in [1.165, 1.54) is 19.3 Å². The number of nitrogens with zero attached hydrogens (tertiary/aromatic N) is 2. The molecular weight excluding hydrogens is 350 g/mol. The van der Waals surface area contributed by atoms with Gasteiger partial charge in [-0.15, -0.1) is 12.4 Å². The van der Waals surface area contributed by atoms with Crippen LogP contribution in [0.3, 0.4) is 0 Å². The zero-order chi connectivity index (χ0) is 17.7. The maximum Gasteiger partial charge on any atom is 0.253 e.